The lowest BCUT2D eigenvalue weighted by Crippen LogP contribution is -2.23. The smallest absolute Gasteiger partial charge is 0.0555 e. The van der Waals surface area contributed by atoms with E-state index in [0.717, 1.165) is 26.1 Å². The van der Waals surface area contributed by atoms with E-state index in [9.17, 15) is 0 Å². The van der Waals surface area contributed by atoms with Crippen LogP contribution in [0.15, 0.2) is 42.5 Å². The van der Waals surface area contributed by atoms with Gasteiger partial charge in [-0.05, 0) is 35.8 Å². The molecule has 0 aromatic heterocycles. The Hall–Kier alpha value is -1.42. The molecule has 19 heavy (non-hydrogen) atoms. The predicted molar refractivity (Wildman–Crippen MR) is 80.2 cm³/mol. The standard InChI is InChI=1S/C16H22N2O/c19-12-11-17-9-4-10-18-13-15-7-3-6-14-5-1-2-8-16(14)15/h1-3,5-8,17-19H,4,9-13H2. The van der Waals surface area contributed by atoms with Gasteiger partial charge in [-0.3, -0.25) is 0 Å². The van der Waals surface area contributed by atoms with E-state index in [1.54, 1.807) is 0 Å². The second-order valence-corrected chi connectivity index (χ2v) is 4.64. The van der Waals surface area contributed by atoms with E-state index in [1.165, 1.54) is 16.3 Å². The van der Waals surface area contributed by atoms with E-state index in [1.807, 2.05) is 0 Å². The van der Waals surface area contributed by atoms with E-state index in [-0.39, 0.29) is 6.61 Å². The third kappa shape index (κ3) is 4.31. The zero-order valence-corrected chi connectivity index (χ0v) is 11.2. The van der Waals surface area contributed by atoms with Crippen LogP contribution in [0.3, 0.4) is 0 Å². The van der Waals surface area contributed by atoms with Crippen molar-refractivity contribution < 1.29 is 5.11 Å². The molecule has 0 radical (unpaired) electrons. The van der Waals surface area contributed by atoms with E-state index < -0.39 is 0 Å². The van der Waals surface area contributed by atoms with Crippen molar-refractivity contribution in [2.45, 2.75) is 13.0 Å². The lowest BCUT2D eigenvalue weighted by atomic mass is 10.0. The fraction of sp³-hybridized carbons (Fsp3) is 0.375. The van der Waals surface area contributed by atoms with Crippen LogP contribution in [0, 0.1) is 0 Å². The van der Waals surface area contributed by atoms with Crippen LogP contribution >= 0.6 is 0 Å². The van der Waals surface area contributed by atoms with E-state index in [4.69, 9.17) is 5.11 Å². The van der Waals surface area contributed by atoms with Crippen LogP contribution in [-0.2, 0) is 6.54 Å². The normalized spacial score (nSPS) is 11.0. The van der Waals surface area contributed by atoms with Gasteiger partial charge >= 0.3 is 0 Å². The molecule has 2 aromatic rings. The summed E-state index contributed by atoms with van der Waals surface area (Å²) in [6.45, 7) is 3.73. The summed E-state index contributed by atoms with van der Waals surface area (Å²) >= 11 is 0. The molecule has 0 aliphatic carbocycles. The van der Waals surface area contributed by atoms with Gasteiger partial charge in [0.15, 0.2) is 0 Å². The number of hydrogen-bond acceptors (Lipinski definition) is 3. The van der Waals surface area contributed by atoms with Gasteiger partial charge in [-0.25, -0.2) is 0 Å². The molecule has 0 aliphatic rings. The summed E-state index contributed by atoms with van der Waals surface area (Å²) in [6, 6.07) is 14.9. The third-order valence-electron chi connectivity index (χ3n) is 3.19. The molecule has 3 heteroatoms. The topological polar surface area (TPSA) is 44.3 Å². The molecule has 0 saturated heterocycles. The summed E-state index contributed by atoms with van der Waals surface area (Å²) in [4.78, 5) is 0. The molecule has 3 N–H and O–H groups in total. The first kappa shape index (κ1) is 14.0. The first-order valence-electron chi connectivity index (χ1n) is 6.91. The maximum Gasteiger partial charge on any atom is 0.0555 e. The van der Waals surface area contributed by atoms with Crippen molar-refractivity contribution in [2.24, 2.45) is 0 Å². The Morgan fingerprint density at radius 3 is 2.53 bits per heavy atom. The zero-order chi connectivity index (χ0) is 13.3. The highest BCUT2D eigenvalue weighted by Crippen LogP contribution is 2.17. The lowest BCUT2D eigenvalue weighted by Gasteiger charge is -2.08. The van der Waals surface area contributed by atoms with Crippen LogP contribution in [0.4, 0.5) is 0 Å². The molecule has 0 saturated carbocycles. The first-order valence-corrected chi connectivity index (χ1v) is 6.91. The molecule has 0 unspecified atom stereocenters. The number of hydrogen-bond donors (Lipinski definition) is 3. The van der Waals surface area contributed by atoms with E-state index >= 15 is 0 Å². The molecule has 102 valence electrons. The fourth-order valence-corrected chi connectivity index (χ4v) is 2.21. The van der Waals surface area contributed by atoms with Gasteiger partial charge in [0.05, 0.1) is 6.61 Å². The second kappa shape index (κ2) is 7.89. The highest BCUT2D eigenvalue weighted by molar-refractivity contribution is 5.85. The molecule has 3 nitrogen and oxygen atoms in total. The van der Waals surface area contributed by atoms with Gasteiger partial charge in [-0.15, -0.1) is 0 Å². The molecular formula is C16H22N2O. The Balaban J connectivity index is 1.78. The SMILES string of the molecule is OCCNCCCNCc1cccc2ccccc12. The Morgan fingerprint density at radius 1 is 0.842 bits per heavy atom. The fourth-order valence-electron chi connectivity index (χ4n) is 2.21. The van der Waals surface area contributed by atoms with E-state index in [0.29, 0.717) is 6.54 Å². The van der Waals surface area contributed by atoms with Crippen molar-refractivity contribution >= 4 is 10.8 Å². The number of fused-ring (bicyclic) bond motifs is 1. The van der Waals surface area contributed by atoms with Crippen molar-refractivity contribution in [2.75, 3.05) is 26.2 Å². The highest BCUT2D eigenvalue weighted by atomic mass is 16.3. The van der Waals surface area contributed by atoms with Crippen LogP contribution in [0.25, 0.3) is 10.8 Å². The number of aliphatic hydroxyl groups is 1. The molecule has 0 fully saturated rings. The van der Waals surface area contributed by atoms with Crippen LogP contribution in [0.2, 0.25) is 0 Å². The molecule has 2 aromatic carbocycles. The summed E-state index contributed by atoms with van der Waals surface area (Å²) in [5.41, 5.74) is 1.35. The monoisotopic (exact) mass is 258 g/mol. The Kier molecular flexibility index (Phi) is 5.82. The molecule has 0 aliphatic heterocycles. The van der Waals surface area contributed by atoms with Gasteiger partial charge in [0.25, 0.3) is 0 Å². The average molecular weight is 258 g/mol. The molecule has 0 spiro atoms. The summed E-state index contributed by atoms with van der Waals surface area (Å²) in [5.74, 6) is 0. The van der Waals surface area contributed by atoms with Crippen LogP contribution in [-0.4, -0.2) is 31.3 Å². The van der Waals surface area contributed by atoms with Crippen molar-refractivity contribution in [1.82, 2.24) is 10.6 Å². The third-order valence-corrected chi connectivity index (χ3v) is 3.19. The summed E-state index contributed by atoms with van der Waals surface area (Å²) in [5, 5.41) is 17.9. The quantitative estimate of drug-likeness (QED) is 0.634. The molecule has 0 bridgehead atoms. The number of aliphatic hydroxyl groups excluding tert-OH is 1. The van der Waals surface area contributed by atoms with Gasteiger partial charge in [-0.1, -0.05) is 42.5 Å². The van der Waals surface area contributed by atoms with Gasteiger partial charge in [-0.2, -0.15) is 0 Å². The highest BCUT2D eigenvalue weighted by Gasteiger charge is 1.99. The predicted octanol–water partition coefficient (Wildman–Crippen LogP) is 1.90. The largest absolute Gasteiger partial charge is 0.395 e. The van der Waals surface area contributed by atoms with Crippen LogP contribution in [0.5, 0.6) is 0 Å². The minimum atomic E-state index is 0.212. The number of nitrogens with one attached hydrogen (secondary N) is 2. The van der Waals surface area contributed by atoms with Crippen molar-refractivity contribution in [3.63, 3.8) is 0 Å². The molecule has 0 atom stereocenters. The molecule has 0 amide bonds. The maximum atomic E-state index is 8.64. The van der Waals surface area contributed by atoms with Gasteiger partial charge in [0.2, 0.25) is 0 Å². The number of rotatable bonds is 8. The average Bonchev–Trinajstić information content (AvgIpc) is 2.46. The summed E-state index contributed by atoms with van der Waals surface area (Å²) in [6.07, 6.45) is 1.07. The molecular weight excluding hydrogens is 236 g/mol. The Labute approximate surface area is 114 Å². The Morgan fingerprint density at radius 2 is 1.63 bits per heavy atom. The summed E-state index contributed by atoms with van der Waals surface area (Å²) < 4.78 is 0. The van der Waals surface area contributed by atoms with E-state index in [2.05, 4.69) is 53.1 Å². The maximum absolute atomic E-state index is 8.64. The van der Waals surface area contributed by atoms with Gasteiger partial charge in [0.1, 0.15) is 0 Å². The Bertz CT molecular complexity index is 494. The second-order valence-electron chi connectivity index (χ2n) is 4.64. The van der Waals surface area contributed by atoms with Gasteiger partial charge in [0, 0.05) is 13.1 Å². The number of benzene rings is 2. The van der Waals surface area contributed by atoms with Crippen molar-refractivity contribution in [3.05, 3.63) is 48.0 Å². The van der Waals surface area contributed by atoms with Crippen molar-refractivity contribution in [1.29, 1.82) is 0 Å². The molecule has 0 heterocycles. The minimum absolute atomic E-state index is 0.212. The van der Waals surface area contributed by atoms with Crippen molar-refractivity contribution in [3.8, 4) is 0 Å². The van der Waals surface area contributed by atoms with Crippen LogP contribution in [0.1, 0.15) is 12.0 Å². The summed E-state index contributed by atoms with van der Waals surface area (Å²) in [7, 11) is 0. The molecule has 2 rings (SSSR count). The lowest BCUT2D eigenvalue weighted by molar-refractivity contribution is 0.292. The zero-order valence-electron chi connectivity index (χ0n) is 11.2. The van der Waals surface area contributed by atoms with Gasteiger partial charge < -0.3 is 15.7 Å². The minimum Gasteiger partial charge on any atom is -0.395 e. The van der Waals surface area contributed by atoms with Crippen LogP contribution < -0.4 is 10.6 Å². The first-order chi connectivity index (χ1) is 9.42.